The highest BCUT2D eigenvalue weighted by Crippen LogP contribution is 2.23. The molecule has 0 radical (unpaired) electrons. The molecule has 0 fully saturated rings. The van der Waals surface area contributed by atoms with Crippen LogP contribution in [0, 0.1) is 0 Å². The fourth-order valence-corrected chi connectivity index (χ4v) is 3.61. The maximum Gasteiger partial charge on any atom is 0.346 e. The van der Waals surface area contributed by atoms with Crippen molar-refractivity contribution in [1.82, 2.24) is 14.3 Å². The second-order valence-electron chi connectivity index (χ2n) is 7.64. The number of carboxylic acids is 1. The third-order valence-corrected chi connectivity index (χ3v) is 5.67. The molecule has 0 unspecified atom stereocenters. The molecule has 0 spiro atoms. The molecule has 1 N–H and O–H groups in total. The molecule has 0 saturated heterocycles. The summed E-state index contributed by atoms with van der Waals surface area (Å²) in [6, 6.07) is 12.0. The molecular weight excluding hydrogens is 462 g/mol. The molecule has 0 aliphatic carbocycles. The van der Waals surface area contributed by atoms with Crippen molar-refractivity contribution in [1.29, 1.82) is 0 Å². The lowest BCUT2D eigenvalue weighted by Gasteiger charge is -2.10. The molecule has 0 saturated carbocycles. The third kappa shape index (κ3) is 6.05. The van der Waals surface area contributed by atoms with Crippen LogP contribution in [-0.2, 0) is 35.6 Å². The third-order valence-electron chi connectivity index (χ3n) is 5.23. The first-order valence-electron chi connectivity index (χ1n) is 10.8. The van der Waals surface area contributed by atoms with E-state index in [1.54, 1.807) is 28.8 Å². The number of benzene rings is 2. The number of hydrogen-bond acceptors (Lipinski definition) is 6. The monoisotopic (exact) mass is 487 g/mol. The lowest BCUT2D eigenvalue weighted by molar-refractivity contribution is -0.141. The van der Waals surface area contributed by atoms with Crippen LogP contribution < -0.4 is 10.4 Å². The molecule has 180 valence electrons. The van der Waals surface area contributed by atoms with Gasteiger partial charge in [0.25, 0.3) is 0 Å². The molecule has 10 heteroatoms. The predicted molar refractivity (Wildman–Crippen MR) is 125 cm³/mol. The van der Waals surface area contributed by atoms with E-state index in [-0.39, 0.29) is 29.4 Å². The Kier molecular flexibility index (Phi) is 8.48. The van der Waals surface area contributed by atoms with Crippen LogP contribution in [0.2, 0.25) is 5.02 Å². The van der Waals surface area contributed by atoms with Gasteiger partial charge in [-0.1, -0.05) is 49.2 Å². The van der Waals surface area contributed by atoms with Crippen molar-refractivity contribution in [3.05, 3.63) is 80.5 Å². The molecular formula is C24H26ClN3O6. The lowest BCUT2D eigenvalue weighted by atomic mass is 10.1. The average Bonchev–Trinajstić information content (AvgIpc) is 3.11. The summed E-state index contributed by atoms with van der Waals surface area (Å²) >= 11 is 6.16. The van der Waals surface area contributed by atoms with E-state index in [9.17, 15) is 19.5 Å². The Morgan fingerprint density at radius 2 is 1.88 bits per heavy atom. The number of aromatic nitrogens is 3. The quantitative estimate of drug-likeness (QED) is 0.411. The van der Waals surface area contributed by atoms with E-state index in [1.165, 1.54) is 13.2 Å². The van der Waals surface area contributed by atoms with Crippen molar-refractivity contribution in [2.45, 2.75) is 45.9 Å². The van der Waals surface area contributed by atoms with Gasteiger partial charge in [-0.05, 0) is 30.2 Å². The Labute approximate surface area is 201 Å². The van der Waals surface area contributed by atoms with Gasteiger partial charge < -0.3 is 14.6 Å². The number of unbranched alkanes of at least 4 members (excludes halogenated alkanes) is 1. The van der Waals surface area contributed by atoms with E-state index in [0.29, 0.717) is 30.1 Å². The van der Waals surface area contributed by atoms with Crippen LogP contribution in [0.25, 0.3) is 0 Å². The lowest BCUT2D eigenvalue weighted by Crippen LogP contribution is -2.28. The average molecular weight is 488 g/mol. The number of carbonyl (C=O) groups excluding carboxylic acids is 1. The number of rotatable bonds is 11. The zero-order chi connectivity index (χ0) is 24.7. The predicted octanol–water partition coefficient (Wildman–Crippen LogP) is 3.54. The number of carbonyl (C=O) groups is 2. The Morgan fingerprint density at radius 1 is 1.15 bits per heavy atom. The van der Waals surface area contributed by atoms with Crippen molar-refractivity contribution in [3.63, 3.8) is 0 Å². The van der Waals surface area contributed by atoms with Crippen LogP contribution in [0.1, 0.15) is 47.1 Å². The van der Waals surface area contributed by atoms with Crippen molar-refractivity contribution < 1.29 is 24.2 Å². The fourth-order valence-electron chi connectivity index (χ4n) is 3.35. The van der Waals surface area contributed by atoms with E-state index < -0.39 is 11.9 Å². The molecule has 0 aliphatic heterocycles. The standard InChI is InChI=1S/C24H26ClN3O6/c1-3-4-8-20-26-28(14-21(29)33-2)24(32)27(20)13-16-9-11-18(12-10-16)34-15-17-6-5-7-19(22(17)25)23(30)31/h5-7,9-12H,3-4,8,13-15H2,1-2H3,(H,30,31). The van der Waals surface area contributed by atoms with Crippen LogP contribution in [0.5, 0.6) is 5.75 Å². The summed E-state index contributed by atoms with van der Waals surface area (Å²) in [6.45, 7) is 2.23. The number of halogens is 1. The molecule has 2 aromatic carbocycles. The minimum Gasteiger partial charge on any atom is -0.489 e. The van der Waals surface area contributed by atoms with Gasteiger partial charge in [-0.25, -0.2) is 14.3 Å². The van der Waals surface area contributed by atoms with Crippen LogP contribution in [-0.4, -0.2) is 38.5 Å². The molecule has 0 aliphatic rings. The summed E-state index contributed by atoms with van der Waals surface area (Å²) < 4.78 is 13.1. The molecule has 0 atom stereocenters. The highest BCUT2D eigenvalue weighted by atomic mass is 35.5. The SMILES string of the molecule is CCCCc1nn(CC(=O)OC)c(=O)n1Cc1ccc(OCc2cccc(C(=O)O)c2Cl)cc1. The van der Waals surface area contributed by atoms with Crippen molar-refractivity contribution in [2.75, 3.05) is 7.11 Å². The number of nitrogens with zero attached hydrogens (tertiary/aromatic N) is 3. The summed E-state index contributed by atoms with van der Waals surface area (Å²) in [5, 5.41) is 13.7. The number of aromatic carboxylic acids is 1. The molecule has 34 heavy (non-hydrogen) atoms. The smallest absolute Gasteiger partial charge is 0.346 e. The van der Waals surface area contributed by atoms with Crippen molar-refractivity contribution in [3.8, 4) is 5.75 Å². The number of carboxylic acid groups (broad SMARTS) is 1. The van der Waals surface area contributed by atoms with E-state index in [4.69, 9.17) is 16.3 Å². The van der Waals surface area contributed by atoms with E-state index >= 15 is 0 Å². The minimum atomic E-state index is -1.10. The summed E-state index contributed by atoms with van der Waals surface area (Å²) in [5.74, 6) is -0.450. The normalized spacial score (nSPS) is 10.8. The largest absolute Gasteiger partial charge is 0.489 e. The van der Waals surface area contributed by atoms with Crippen molar-refractivity contribution >= 4 is 23.5 Å². The van der Waals surface area contributed by atoms with Crippen molar-refractivity contribution in [2.24, 2.45) is 0 Å². The van der Waals surface area contributed by atoms with Gasteiger partial charge in [-0.3, -0.25) is 9.36 Å². The highest BCUT2D eigenvalue weighted by Gasteiger charge is 2.16. The topological polar surface area (TPSA) is 113 Å². The number of aryl methyl sites for hydroxylation is 1. The zero-order valence-corrected chi connectivity index (χ0v) is 19.7. The second-order valence-corrected chi connectivity index (χ2v) is 8.02. The van der Waals surface area contributed by atoms with Gasteiger partial charge in [0.1, 0.15) is 24.7 Å². The minimum absolute atomic E-state index is 0.0233. The molecule has 0 bridgehead atoms. The molecule has 9 nitrogen and oxygen atoms in total. The van der Waals surface area contributed by atoms with Crippen LogP contribution in [0.15, 0.2) is 47.3 Å². The molecule has 1 heterocycles. The fraction of sp³-hybridized carbons (Fsp3) is 0.333. The first-order chi connectivity index (χ1) is 16.3. The molecule has 3 rings (SSSR count). The number of esters is 1. The number of hydrogen-bond donors (Lipinski definition) is 1. The van der Waals surface area contributed by atoms with Gasteiger partial charge >= 0.3 is 17.6 Å². The maximum atomic E-state index is 12.8. The zero-order valence-electron chi connectivity index (χ0n) is 19.0. The first-order valence-corrected chi connectivity index (χ1v) is 11.2. The molecule has 1 aromatic heterocycles. The van der Waals surface area contributed by atoms with E-state index in [0.717, 1.165) is 23.1 Å². The van der Waals surface area contributed by atoms with Gasteiger partial charge in [-0.2, -0.15) is 5.10 Å². The van der Waals surface area contributed by atoms with Crippen LogP contribution in [0.3, 0.4) is 0 Å². The molecule has 3 aromatic rings. The second kappa shape index (κ2) is 11.5. The van der Waals surface area contributed by atoms with Gasteiger partial charge in [0, 0.05) is 12.0 Å². The highest BCUT2D eigenvalue weighted by molar-refractivity contribution is 6.34. The summed E-state index contributed by atoms with van der Waals surface area (Å²) in [6.07, 6.45) is 2.44. The summed E-state index contributed by atoms with van der Waals surface area (Å²) in [5.41, 5.74) is 1.08. The Balaban J connectivity index is 1.73. The first kappa shape index (κ1) is 25.0. The molecule has 0 amide bonds. The Bertz CT molecular complexity index is 1220. The van der Waals surface area contributed by atoms with Gasteiger partial charge in [0.2, 0.25) is 0 Å². The van der Waals surface area contributed by atoms with Crippen LogP contribution >= 0.6 is 11.6 Å². The van der Waals surface area contributed by atoms with Crippen LogP contribution in [0.4, 0.5) is 0 Å². The van der Waals surface area contributed by atoms with Gasteiger partial charge in [0.15, 0.2) is 0 Å². The maximum absolute atomic E-state index is 12.8. The Morgan fingerprint density at radius 3 is 2.53 bits per heavy atom. The van der Waals surface area contributed by atoms with Gasteiger partial charge in [-0.15, -0.1) is 0 Å². The summed E-state index contributed by atoms with van der Waals surface area (Å²) in [4.78, 5) is 35.7. The number of ether oxygens (including phenoxy) is 2. The van der Waals surface area contributed by atoms with E-state index in [2.05, 4.69) is 16.8 Å². The van der Waals surface area contributed by atoms with Gasteiger partial charge in [0.05, 0.1) is 24.2 Å². The Hall–Kier alpha value is -3.59. The number of methoxy groups -OCH3 is 1. The summed E-state index contributed by atoms with van der Waals surface area (Å²) in [7, 11) is 1.27. The van der Waals surface area contributed by atoms with E-state index in [1.807, 2.05) is 12.1 Å².